The van der Waals surface area contributed by atoms with Crippen molar-refractivity contribution in [1.29, 1.82) is 0 Å². The minimum atomic E-state index is -0.224. The largest absolute Gasteiger partial charge is 0.494 e. The molecule has 3 aromatic carbocycles. The number of rotatable bonds is 6. The predicted molar refractivity (Wildman–Crippen MR) is 128 cm³/mol. The standard InChI is InChI=1S/C25H23N3O2S/c1-4-30-21-12-8-19(9-13-21)16-26-28(24(29)20-10-5-17(2)6-11-20)25-27-22-14-7-18(3)15-23(22)31-25/h5-16H,4H2,1-3H3/b26-16+. The van der Waals surface area contributed by atoms with Gasteiger partial charge in [-0.3, -0.25) is 4.79 Å². The molecule has 0 spiro atoms. The number of amides is 1. The van der Waals surface area contributed by atoms with Gasteiger partial charge >= 0.3 is 0 Å². The lowest BCUT2D eigenvalue weighted by Gasteiger charge is -2.14. The number of anilines is 1. The second-order valence-corrected chi connectivity index (χ2v) is 8.21. The molecule has 0 N–H and O–H groups in total. The second kappa shape index (κ2) is 9.10. The van der Waals surface area contributed by atoms with Crippen LogP contribution in [-0.2, 0) is 0 Å². The molecule has 0 saturated heterocycles. The third-order valence-corrected chi connectivity index (χ3v) is 5.71. The zero-order valence-corrected chi connectivity index (χ0v) is 18.5. The van der Waals surface area contributed by atoms with Gasteiger partial charge in [0.25, 0.3) is 5.91 Å². The van der Waals surface area contributed by atoms with Crippen molar-refractivity contribution in [2.45, 2.75) is 20.8 Å². The molecule has 0 saturated carbocycles. The molecular formula is C25H23N3O2S. The van der Waals surface area contributed by atoms with Crippen molar-refractivity contribution in [3.63, 3.8) is 0 Å². The molecule has 6 heteroatoms. The number of aryl methyl sites for hydroxylation is 2. The van der Waals surface area contributed by atoms with Crippen LogP contribution >= 0.6 is 11.3 Å². The predicted octanol–water partition coefficient (Wildman–Crippen LogP) is 5.99. The maximum Gasteiger partial charge on any atom is 0.280 e. The highest BCUT2D eigenvalue weighted by atomic mass is 32.1. The van der Waals surface area contributed by atoms with Crippen LogP contribution < -0.4 is 9.75 Å². The maximum absolute atomic E-state index is 13.3. The van der Waals surface area contributed by atoms with Crippen LogP contribution in [-0.4, -0.2) is 23.7 Å². The molecule has 31 heavy (non-hydrogen) atoms. The molecule has 0 bridgehead atoms. The number of benzene rings is 3. The van der Waals surface area contributed by atoms with Crippen LogP contribution in [0.4, 0.5) is 5.13 Å². The molecule has 1 heterocycles. The molecule has 156 valence electrons. The number of nitrogens with zero attached hydrogens (tertiary/aromatic N) is 3. The van der Waals surface area contributed by atoms with Crippen LogP contribution in [0.5, 0.6) is 5.75 Å². The number of carbonyl (C=O) groups is 1. The number of hydrogen-bond acceptors (Lipinski definition) is 5. The van der Waals surface area contributed by atoms with E-state index in [9.17, 15) is 4.79 Å². The number of thiazole rings is 1. The van der Waals surface area contributed by atoms with Crippen molar-refractivity contribution in [3.8, 4) is 5.75 Å². The molecule has 1 amide bonds. The van der Waals surface area contributed by atoms with Crippen molar-refractivity contribution >= 4 is 38.8 Å². The molecular weight excluding hydrogens is 406 g/mol. The Morgan fingerprint density at radius 3 is 2.45 bits per heavy atom. The number of fused-ring (bicyclic) bond motifs is 1. The average Bonchev–Trinajstić information content (AvgIpc) is 3.18. The lowest BCUT2D eigenvalue weighted by atomic mass is 10.1. The summed E-state index contributed by atoms with van der Waals surface area (Å²) in [4.78, 5) is 18.0. The lowest BCUT2D eigenvalue weighted by Crippen LogP contribution is -2.25. The summed E-state index contributed by atoms with van der Waals surface area (Å²) in [6.45, 7) is 6.59. The number of carbonyl (C=O) groups excluding carboxylic acids is 1. The fourth-order valence-electron chi connectivity index (χ4n) is 3.06. The number of ether oxygens (including phenoxy) is 1. The molecule has 0 aliphatic rings. The molecule has 0 aliphatic carbocycles. The average molecular weight is 430 g/mol. The van der Waals surface area contributed by atoms with E-state index in [0.717, 1.165) is 32.7 Å². The van der Waals surface area contributed by atoms with E-state index >= 15 is 0 Å². The van der Waals surface area contributed by atoms with Gasteiger partial charge in [0, 0.05) is 5.56 Å². The third-order valence-electron chi connectivity index (χ3n) is 4.72. The summed E-state index contributed by atoms with van der Waals surface area (Å²) in [5.74, 6) is 0.576. The Hall–Kier alpha value is -3.51. The number of hydrazone groups is 1. The van der Waals surface area contributed by atoms with E-state index < -0.39 is 0 Å². The fraction of sp³-hybridized carbons (Fsp3) is 0.160. The summed E-state index contributed by atoms with van der Waals surface area (Å²) in [6, 6.07) is 21.1. The summed E-state index contributed by atoms with van der Waals surface area (Å²) < 4.78 is 6.51. The zero-order chi connectivity index (χ0) is 21.8. The van der Waals surface area contributed by atoms with E-state index in [4.69, 9.17) is 4.74 Å². The first-order chi connectivity index (χ1) is 15.0. The summed E-state index contributed by atoms with van der Waals surface area (Å²) in [7, 11) is 0. The normalized spacial score (nSPS) is 11.2. The van der Waals surface area contributed by atoms with E-state index in [2.05, 4.69) is 16.2 Å². The highest BCUT2D eigenvalue weighted by molar-refractivity contribution is 7.22. The van der Waals surface area contributed by atoms with Gasteiger partial charge in [-0.15, -0.1) is 0 Å². The minimum absolute atomic E-state index is 0.224. The minimum Gasteiger partial charge on any atom is -0.494 e. The molecule has 4 aromatic rings. The Labute approximate surface area is 185 Å². The van der Waals surface area contributed by atoms with Crippen molar-refractivity contribution in [1.82, 2.24) is 4.98 Å². The Balaban J connectivity index is 1.70. The van der Waals surface area contributed by atoms with E-state index in [1.807, 2.05) is 81.4 Å². The SMILES string of the molecule is CCOc1ccc(/C=N/N(C(=O)c2ccc(C)cc2)c2nc3ccc(C)cc3s2)cc1. The zero-order valence-electron chi connectivity index (χ0n) is 17.7. The second-order valence-electron chi connectivity index (χ2n) is 7.20. The van der Waals surface area contributed by atoms with Crippen LogP contribution in [0, 0.1) is 13.8 Å². The third kappa shape index (κ3) is 4.81. The lowest BCUT2D eigenvalue weighted by molar-refractivity contribution is 0.0988. The van der Waals surface area contributed by atoms with Crippen LogP contribution in [0.15, 0.2) is 71.8 Å². The van der Waals surface area contributed by atoms with E-state index in [1.165, 1.54) is 16.3 Å². The summed E-state index contributed by atoms with van der Waals surface area (Å²) in [5, 5.41) is 6.43. The first-order valence-corrected chi connectivity index (χ1v) is 10.9. The summed E-state index contributed by atoms with van der Waals surface area (Å²) in [5.41, 5.74) is 4.52. The van der Waals surface area contributed by atoms with Crippen LogP contribution in [0.25, 0.3) is 10.2 Å². The van der Waals surface area contributed by atoms with Gasteiger partial charge in [-0.05, 0) is 80.4 Å². The Morgan fingerprint density at radius 2 is 1.74 bits per heavy atom. The molecule has 0 radical (unpaired) electrons. The Bertz CT molecular complexity index is 1230. The van der Waals surface area contributed by atoms with Crippen LogP contribution in [0.3, 0.4) is 0 Å². The first kappa shape index (κ1) is 20.8. The smallest absolute Gasteiger partial charge is 0.280 e. The molecule has 4 rings (SSSR count). The number of aromatic nitrogens is 1. The van der Waals surface area contributed by atoms with Gasteiger partial charge in [-0.25, -0.2) is 4.98 Å². The van der Waals surface area contributed by atoms with Crippen molar-refractivity contribution < 1.29 is 9.53 Å². The Kier molecular flexibility index (Phi) is 6.09. The fourth-order valence-corrected chi connectivity index (χ4v) is 4.08. The van der Waals surface area contributed by atoms with Gasteiger partial charge in [0.1, 0.15) is 5.75 Å². The molecule has 0 atom stereocenters. The summed E-state index contributed by atoms with van der Waals surface area (Å²) >= 11 is 1.45. The van der Waals surface area contributed by atoms with E-state index in [1.54, 1.807) is 6.21 Å². The van der Waals surface area contributed by atoms with Gasteiger partial charge < -0.3 is 4.74 Å². The van der Waals surface area contributed by atoms with E-state index in [0.29, 0.717) is 17.3 Å². The monoisotopic (exact) mass is 429 g/mol. The van der Waals surface area contributed by atoms with Gasteiger partial charge in [0.2, 0.25) is 5.13 Å². The molecule has 0 fully saturated rings. The highest BCUT2D eigenvalue weighted by Crippen LogP contribution is 2.30. The van der Waals surface area contributed by atoms with Gasteiger partial charge in [-0.1, -0.05) is 35.1 Å². The van der Waals surface area contributed by atoms with Gasteiger partial charge in [0.15, 0.2) is 0 Å². The number of hydrogen-bond donors (Lipinski definition) is 0. The first-order valence-electron chi connectivity index (χ1n) is 10.1. The quantitative estimate of drug-likeness (QED) is 0.279. The molecule has 1 aromatic heterocycles. The van der Waals surface area contributed by atoms with Gasteiger partial charge in [-0.2, -0.15) is 10.1 Å². The Morgan fingerprint density at radius 1 is 1.03 bits per heavy atom. The summed E-state index contributed by atoms with van der Waals surface area (Å²) in [6.07, 6.45) is 1.67. The molecule has 0 unspecified atom stereocenters. The highest BCUT2D eigenvalue weighted by Gasteiger charge is 2.21. The molecule has 5 nitrogen and oxygen atoms in total. The van der Waals surface area contributed by atoms with Crippen molar-refractivity contribution in [3.05, 3.63) is 89.0 Å². The van der Waals surface area contributed by atoms with Crippen LogP contribution in [0.1, 0.15) is 34.0 Å². The molecule has 0 aliphatic heterocycles. The van der Waals surface area contributed by atoms with Gasteiger partial charge in [0.05, 0.1) is 23.0 Å². The van der Waals surface area contributed by atoms with Crippen molar-refractivity contribution in [2.24, 2.45) is 5.10 Å². The van der Waals surface area contributed by atoms with Crippen LogP contribution in [0.2, 0.25) is 0 Å². The van der Waals surface area contributed by atoms with Crippen molar-refractivity contribution in [2.75, 3.05) is 11.6 Å². The maximum atomic E-state index is 13.3. The van der Waals surface area contributed by atoms with E-state index in [-0.39, 0.29) is 5.91 Å². The topological polar surface area (TPSA) is 54.8 Å².